The van der Waals surface area contributed by atoms with E-state index in [1.54, 1.807) is 6.92 Å². The number of nitrogens with zero attached hydrogens (tertiary/aromatic N) is 3. The summed E-state index contributed by atoms with van der Waals surface area (Å²) < 4.78 is 12.7. The van der Waals surface area contributed by atoms with Gasteiger partial charge in [-0.15, -0.1) is 10.2 Å². The zero-order chi connectivity index (χ0) is 18.5. The highest BCUT2D eigenvalue weighted by atomic mass is 32.2. The number of carbonyl (C=O) groups excluding carboxylic acids is 1. The number of ether oxygens (including phenoxy) is 2. The minimum absolute atomic E-state index is 0.283. The molecule has 0 amide bonds. The molecule has 0 saturated heterocycles. The molecule has 0 aliphatic heterocycles. The summed E-state index contributed by atoms with van der Waals surface area (Å²) >= 11 is 1.33. The highest BCUT2D eigenvalue weighted by molar-refractivity contribution is 8.00. The molecule has 0 saturated carbocycles. The van der Waals surface area contributed by atoms with Gasteiger partial charge in [0.1, 0.15) is 17.6 Å². The lowest BCUT2D eigenvalue weighted by atomic mass is 10.1. The third-order valence-electron chi connectivity index (χ3n) is 4.03. The van der Waals surface area contributed by atoms with Gasteiger partial charge in [-0.2, -0.15) is 0 Å². The Morgan fingerprint density at radius 3 is 2.73 bits per heavy atom. The molecular formula is C19H21N3O3S. The summed E-state index contributed by atoms with van der Waals surface area (Å²) in [6.45, 7) is 4.80. The van der Waals surface area contributed by atoms with Crippen LogP contribution in [0.2, 0.25) is 0 Å². The SMILES string of the molecule is CCn1c(COc2cccc3ccccc23)nnc1S[C@@H](C)C(=O)OC. The zero-order valence-electron chi connectivity index (χ0n) is 15.0. The summed E-state index contributed by atoms with van der Waals surface area (Å²) in [7, 11) is 1.38. The number of aromatic nitrogens is 3. The van der Waals surface area contributed by atoms with Crippen LogP contribution in [-0.4, -0.2) is 33.1 Å². The predicted octanol–water partition coefficient (Wildman–Crippen LogP) is 3.68. The van der Waals surface area contributed by atoms with Gasteiger partial charge < -0.3 is 14.0 Å². The molecule has 1 heterocycles. The Labute approximate surface area is 156 Å². The fourth-order valence-electron chi connectivity index (χ4n) is 2.67. The predicted molar refractivity (Wildman–Crippen MR) is 101 cm³/mol. The van der Waals surface area contributed by atoms with Gasteiger partial charge in [0.25, 0.3) is 0 Å². The molecule has 2 aromatic carbocycles. The largest absolute Gasteiger partial charge is 0.485 e. The van der Waals surface area contributed by atoms with E-state index < -0.39 is 0 Å². The van der Waals surface area contributed by atoms with Crippen molar-refractivity contribution in [2.24, 2.45) is 0 Å². The third kappa shape index (κ3) is 3.83. The maximum Gasteiger partial charge on any atom is 0.318 e. The molecular weight excluding hydrogens is 350 g/mol. The van der Waals surface area contributed by atoms with Crippen molar-refractivity contribution in [2.75, 3.05) is 7.11 Å². The maximum atomic E-state index is 11.6. The van der Waals surface area contributed by atoms with E-state index in [-0.39, 0.29) is 11.2 Å². The molecule has 1 atom stereocenters. The standard InChI is InChI=1S/C19H21N3O3S/c1-4-22-17(20-21-19(22)26-13(2)18(23)24-3)12-25-16-11-7-9-14-8-5-6-10-15(14)16/h5-11,13H,4,12H2,1-3H3/t13-/m0/s1. The Kier molecular flexibility index (Phi) is 5.78. The van der Waals surface area contributed by atoms with Crippen LogP contribution in [0.5, 0.6) is 5.75 Å². The molecule has 3 aromatic rings. The van der Waals surface area contributed by atoms with Crippen molar-refractivity contribution in [3.05, 3.63) is 48.3 Å². The number of rotatable bonds is 7. The number of hydrogen-bond donors (Lipinski definition) is 0. The Hall–Kier alpha value is -2.54. The first-order valence-corrected chi connectivity index (χ1v) is 9.29. The van der Waals surface area contributed by atoms with Gasteiger partial charge >= 0.3 is 5.97 Å². The summed E-state index contributed by atoms with van der Waals surface area (Å²) in [5, 5.41) is 11.0. The molecule has 0 N–H and O–H groups in total. The van der Waals surface area contributed by atoms with Gasteiger partial charge in [0.2, 0.25) is 0 Å². The van der Waals surface area contributed by atoms with Gasteiger partial charge in [-0.25, -0.2) is 0 Å². The first kappa shape index (κ1) is 18.3. The van der Waals surface area contributed by atoms with E-state index in [0.717, 1.165) is 22.3 Å². The number of fused-ring (bicyclic) bond motifs is 1. The molecule has 6 nitrogen and oxygen atoms in total. The van der Waals surface area contributed by atoms with Crippen molar-refractivity contribution < 1.29 is 14.3 Å². The molecule has 0 radical (unpaired) electrons. The van der Waals surface area contributed by atoms with Crippen LogP contribution in [0.15, 0.2) is 47.6 Å². The van der Waals surface area contributed by atoms with Crippen molar-refractivity contribution >= 4 is 28.5 Å². The molecule has 0 spiro atoms. The third-order valence-corrected chi connectivity index (χ3v) is 5.09. The highest BCUT2D eigenvalue weighted by Gasteiger charge is 2.20. The van der Waals surface area contributed by atoms with Crippen molar-refractivity contribution in [3.8, 4) is 5.75 Å². The van der Waals surface area contributed by atoms with E-state index in [2.05, 4.69) is 22.3 Å². The average Bonchev–Trinajstić information content (AvgIpc) is 3.06. The number of benzene rings is 2. The summed E-state index contributed by atoms with van der Waals surface area (Å²) in [6.07, 6.45) is 0. The fourth-order valence-corrected chi connectivity index (χ4v) is 3.63. The van der Waals surface area contributed by atoms with Crippen LogP contribution in [0.3, 0.4) is 0 Å². The number of thioether (sulfide) groups is 1. The van der Waals surface area contributed by atoms with Crippen molar-refractivity contribution in [2.45, 2.75) is 37.4 Å². The second kappa shape index (κ2) is 8.23. The molecule has 0 bridgehead atoms. The van der Waals surface area contributed by atoms with Crippen LogP contribution in [0.1, 0.15) is 19.7 Å². The van der Waals surface area contributed by atoms with Gasteiger partial charge in [0.15, 0.2) is 11.0 Å². The van der Waals surface area contributed by atoms with Gasteiger partial charge in [-0.1, -0.05) is 48.2 Å². The molecule has 3 rings (SSSR count). The number of hydrogen-bond acceptors (Lipinski definition) is 6. The highest BCUT2D eigenvalue weighted by Crippen LogP contribution is 2.27. The topological polar surface area (TPSA) is 66.2 Å². The molecule has 1 aromatic heterocycles. The Balaban J connectivity index is 1.77. The monoisotopic (exact) mass is 371 g/mol. The van der Waals surface area contributed by atoms with E-state index in [1.165, 1.54) is 18.9 Å². The molecule has 7 heteroatoms. The van der Waals surface area contributed by atoms with Crippen molar-refractivity contribution in [1.29, 1.82) is 0 Å². The summed E-state index contributed by atoms with van der Waals surface area (Å²) in [4.78, 5) is 11.6. The second-order valence-electron chi connectivity index (χ2n) is 5.69. The van der Waals surface area contributed by atoms with Crippen molar-refractivity contribution in [1.82, 2.24) is 14.8 Å². The number of esters is 1. The van der Waals surface area contributed by atoms with E-state index >= 15 is 0 Å². The molecule has 0 unspecified atom stereocenters. The lowest BCUT2D eigenvalue weighted by Gasteiger charge is -2.12. The van der Waals surface area contributed by atoms with Crippen LogP contribution in [0.4, 0.5) is 0 Å². The number of methoxy groups -OCH3 is 1. The van der Waals surface area contributed by atoms with Gasteiger partial charge in [-0.3, -0.25) is 4.79 Å². The zero-order valence-corrected chi connectivity index (χ0v) is 15.8. The van der Waals surface area contributed by atoms with Crippen LogP contribution < -0.4 is 4.74 Å². The van der Waals surface area contributed by atoms with Gasteiger partial charge in [0, 0.05) is 11.9 Å². The molecule has 0 fully saturated rings. The Bertz CT molecular complexity index is 905. The van der Waals surface area contributed by atoms with Crippen molar-refractivity contribution in [3.63, 3.8) is 0 Å². The Morgan fingerprint density at radius 2 is 1.96 bits per heavy atom. The fraction of sp³-hybridized carbons (Fsp3) is 0.316. The molecule has 0 aliphatic carbocycles. The van der Waals surface area contributed by atoms with Crippen LogP contribution in [-0.2, 0) is 22.7 Å². The first-order chi connectivity index (χ1) is 12.6. The lowest BCUT2D eigenvalue weighted by Crippen LogP contribution is -2.16. The van der Waals surface area contributed by atoms with Gasteiger partial charge in [0.05, 0.1) is 7.11 Å². The maximum absolute atomic E-state index is 11.6. The summed E-state index contributed by atoms with van der Waals surface area (Å²) in [6, 6.07) is 14.1. The molecule has 26 heavy (non-hydrogen) atoms. The van der Waals surface area contributed by atoms with Crippen LogP contribution in [0, 0.1) is 0 Å². The summed E-state index contributed by atoms with van der Waals surface area (Å²) in [5.41, 5.74) is 0. The molecule has 0 aliphatic rings. The quantitative estimate of drug-likeness (QED) is 0.466. The normalized spacial score (nSPS) is 12.1. The second-order valence-corrected chi connectivity index (χ2v) is 7.00. The van der Waals surface area contributed by atoms with E-state index in [1.807, 2.05) is 41.8 Å². The van der Waals surface area contributed by atoms with Crippen LogP contribution in [0.25, 0.3) is 10.8 Å². The average molecular weight is 371 g/mol. The van der Waals surface area contributed by atoms with Gasteiger partial charge in [-0.05, 0) is 25.3 Å². The first-order valence-electron chi connectivity index (χ1n) is 8.41. The number of carbonyl (C=O) groups is 1. The lowest BCUT2D eigenvalue weighted by molar-refractivity contribution is -0.139. The smallest absolute Gasteiger partial charge is 0.318 e. The van der Waals surface area contributed by atoms with E-state index in [4.69, 9.17) is 9.47 Å². The minimum atomic E-state index is -0.346. The van der Waals surface area contributed by atoms with Crippen LogP contribution >= 0.6 is 11.8 Å². The van der Waals surface area contributed by atoms with E-state index in [0.29, 0.717) is 18.3 Å². The molecule has 136 valence electrons. The van der Waals surface area contributed by atoms with E-state index in [9.17, 15) is 4.79 Å². The Morgan fingerprint density at radius 1 is 1.19 bits per heavy atom. The summed E-state index contributed by atoms with van der Waals surface area (Å²) in [5.74, 6) is 1.25. The minimum Gasteiger partial charge on any atom is -0.485 e.